The topological polar surface area (TPSA) is 29.5 Å². The van der Waals surface area contributed by atoms with E-state index in [1.54, 1.807) is 18.2 Å². The molecule has 4 heteroatoms. The van der Waals surface area contributed by atoms with E-state index >= 15 is 0 Å². The summed E-state index contributed by atoms with van der Waals surface area (Å²) in [6.07, 6.45) is 5.30. The highest BCUT2D eigenvalue weighted by Crippen LogP contribution is 2.14. The summed E-state index contributed by atoms with van der Waals surface area (Å²) in [5.74, 6) is 0.999. The number of benzene rings is 1. The Balaban J connectivity index is 2.45. The van der Waals surface area contributed by atoms with Gasteiger partial charge in [-0.05, 0) is 29.3 Å². The fourth-order valence-corrected chi connectivity index (χ4v) is 1.45. The lowest BCUT2D eigenvalue weighted by Gasteiger charge is -2.07. The van der Waals surface area contributed by atoms with Gasteiger partial charge in [-0.25, -0.2) is 0 Å². The Morgan fingerprint density at radius 2 is 2.21 bits per heavy atom. The van der Waals surface area contributed by atoms with Gasteiger partial charge in [0.05, 0.1) is 12.5 Å². The van der Waals surface area contributed by atoms with Crippen LogP contribution in [0.4, 0.5) is 0 Å². The molecule has 0 saturated carbocycles. The van der Waals surface area contributed by atoms with E-state index in [9.17, 15) is 0 Å². The van der Waals surface area contributed by atoms with Crippen LogP contribution >= 0.6 is 23.2 Å². The molecule has 0 unspecified atom stereocenters. The first-order valence-electron chi connectivity index (χ1n) is 5.74. The fourth-order valence-electron chi connectivity index (χ4n) is 1.29. The van der Waals surface area contributed by atoms with E-state index in [1.165, 1.54) is 0 Å². The zero-order chi connectivity index (χ0) is 14.1. The van der Waals surface area contributed by atoms with Crippen molar-refractivity contribution < 1.29 is 9.84 Å². The van der Waals surface area contributed by atoms with Gasteiger partial charge in [-0.2, -0.15) is 0 Å². The van der Waals surface area contributed by atoms with Crippen LogP contribution in [0.25, 0.3) is 0 Å². The van der Waals surface area contributed by atoms with Crippen molar-refractivity contribution >= 4 is 23.2 Å². The first kappa shape index (κ1) is 15.8. The van der Waals surface area contributed by atoms with Gasteiger partial charge in [0.2, 0.25) is 0 Å². The zero-order valence-corrected chi connectivity index (χ0v) is 12.0. The van der Waals surface area contributed by atoms with Crippen LogP contribution in [0.15, 0.2) is 59.7 Å². The van der Waals surface area contributed by atoms with Gasteiger partial charge in [0.25, 0.3) is 0 Å². The second-order valence-corrected chi connectivity index (χ2v) is 4.61. The molecule has 0 fully saturated rings. The monoisotopic (exact) mass is 298 g/mol. The molecule has 0 atom stereocenters. The van der Waals surface area contributed by atoms with Crippen LogP contribution in [0.5, 0.6) is 5.75 Å². The minimum Gasteiger partial charge on any atom is -0.489 e. The second kappa shape index (κ2) is 8.81. The van der Waals surface area contributed by atoms with Gasteiger partial charge in [-0.1, -0.05) is 42.5 Å². The van der Waals surface area contributed by atoms with E-state index in [4.69, 9.17) is 33.0 Å². The molecule has 0 bridgehead atoms. The van der Waals surface area contributed by atoms with Gasteiger partial charge < -0.3 is 9.84 Å². The maximum atomic E-state index is 9.02. The first-order valence-corrected chi connectivity index (χ1v) is 6.66. The number of alkyl halides is 1. The van der Waals surface area contributed by atoms with E-state index in [1.807, 2.05) is 24.3 Å². The summed E-state index contributed by atoms with van der Waals surface area (Å²) in [5.41, 5.74) is 1.63. The van der Waals surface area contributed by atoms with E-state index < -0.39 is 0 Å². The van der Waals surface area contributed by atoms with Crippen LogP contribution < -0.4 is 4.74 Å². The van der Waals surface area contributed by atoms with Gasteiger partial charge in [-0.3, -0.25) is 0 Å². The van der Waals surface area contributed by atoms with E-state index in [0.717, 1.165) is 11.1 Å². The SMILES string of the molecule is C=C(/C=C\C=C(\Cl)CCl)COc1cccc(CO)c1. The van der Waals surface area contributed by atoms with Gasteiger partial charge in [0.15, 0.2) is 0 Å². The molecule has 0 aliphatic carbocycles. The Labute approximate surface area is 123 Å². The average molecular weight is 299 g/mol. The van der Waals surface area contributed by atoms with Crippen molar-refractivity contribution in [2.75, 3.05) is 12.5 Å². The fraction of sp³-hybridized carbons (Fsp3) is 0.200. The largest absolute Gasteiger partial charge is 0.489 e. The molecule has 0 radical (unpaired) electrons. The quantitative estimate of drug-likeness (QED) is 0.608. The zero-order valence-electron chi connectivity index (χ0n) is 10.5. The molecule has 19 heavy (non-hydrogen) atoms. The molecule has 1 aromatic rings. The van der Waals surface area contributed by atoms with E-state index in [2.05, 4.69) is 6.58 Å². The Kier molecular flexibility index (Phi) is 7.34. The number of rotatable bonds is 7. The Bertz CT molecular complexity index is 479. The summed E-state index contributed by atoms with van der Waals surface area (Å²) in [4.78, 5) is 0. The third-order valence-corrected chi connectivity index (χ3v) is 2.93. The minimum absolute atomic E-state index is 0.000229. The van der Waals surface area contributed by atoms with Crippen molar-refractivity contribution in [1.29, 1.82) is 0 Å². The van der Waals surface area contributed by atoms with E-state index in [-0.39, 0.29) is 6.61 Å². The minimum atomic E-state index is -0.000229. The highest BCUT2D eigenvalue weighted by atomic mass is 35.5. The predicted octanol–water partition coefficient (Wildman–Crippen LogP) is 4.03. The third kappa shape index (κ3) is 6.48. The predicted molar refractivity (Wildman–Crippen MR) is 80.8 cm³/mol. The molecule has 1 aromatic carbocycles. The van der Waals surface area contributed by atoms with Gasteiger partial charge in [0, 0.05) is 5.03 Å². The lowest BCUT2D eigenvalue weighted by molar-refractivity contribution is 0.280. The summed E-state index contributed by atoms with van der Waals surface area (Å²) in [6, 6.07) is 7.30. The smallest absolute Gasteiger partial charge is 0.120 e. The van der Waals surface area contributed by atoms with Crippen molar-refractivity contribution in [3.8, 4) is 5.75 Å². The number of aliphatic hydroxyl groups excluding tert-OH is 1. The number of allylic oxidation sites excluding steroid dienone is 3. The van der Waals surface area contributed by atoms with Gasteiger partial charge >= 0.3 is 0 Å². The molecule has 2 nitrogen and oxygen atoms in total. The summed E-state index contributed by atoms with van der Waals surface area (Å²) in [6.45, 7) is 4.24. The molecular formula is C15H16Cl2O2. The Hall–Kier alpha value is -1.22. The average Bonchev–Trinajstić information content (AvgIpc) is 2.45. The highest BCUT2D eigenvalue weighted by molar-refractivity contribution is 6.35. The van der Waals surface area contributed by atoms with Crippen LogP contribution in [0.2, 0.25) is 0 Å². The standard InChI is InChI=1S/C15H16Cl2O2/c1-12(4-2-6-14(17)9-16)11-19-15-7-3-5-13(8-15)10-18/h2-8,18H,1,9-11H2/b4-2-,14-6+. The van der Waals surface area contributed by atoms with Crippen molar-refractivity contribution in [3.63, 3.8) is 0 Å². The number of hydrogen-bond acceptors (Lipinski definition) is 2. The lowest BCUT2D eigenvalue weighted by atomic mass is 10.2. The Morgan fingerprint density at radius 1 is 1.42 bits per heavy atom. The normalized spacial score (nSPS) is 11.8. The molecule has 0 amide bonds. The Morgan fingerprint density at radius 3 is 2.89 bits per heavy atom. The van der Waals surface area contributed by atoms with Crippen LogP contribution in [0.3, 0.4) is 0 Å². The third-order valence-electron chi connectivity index (χ3n) is 2.24. The molecule has 0 spiro atoms. The van der Waals surface area contributed by atoms with Crippen LogP contribution in [0.1, 0.15) is 5.56 Å². The summed E-state index contributed by atoms with van der Waals surface area (Å²) in [7, 11) is 0. The molecule has 0 aromatic heterocycles. The molecular weight excluding hydrogens is 283 g/mol. The molecule has 102 valence electrons. The second-order valence-electron chi connectivity index (χ2n) is 3.86. The maximum Gasteiger partial charge on any atom is 0.120 e. The number of hydrogen-bond donors (Lipinski definition) is 1. The van der Waals surface area contributed by atoms with Crippen LogP contribution in [-0.2, 0) is 6.61 Å². The van der Waals surface area contributed by atoms with Crippen molar-refractivity contribution in [1.82, 2.24) is 0 Å². The molecule has 1 N–H and O–H groups in total. The maximum absolute atomic E-state index is 9.02. The van der Waals surface area contributed by atoms with Crippen LogP contribution in [0, 0.1) is 0 Å². The van der Waals surface area contributed by atoms with Crippen molar-refractivity contribution in [3.05, 3.63) is 65.2 Å². The summed E-state index contributed by atoms with van der Waals surface area (Å²) < 4.78 is 5.55. The first-order chi connectivity index (χ1) is 9.15. The molecule has 0 aliphatic heterocycles. The molecule has 0 aliphatic rings. The van der Waals surface area contributed by atoms with E-state index in [0.29, 0.717) is 23.3 Å². The van der Waals surface area contributed by atoms with Gasteiger partial charge in [-0.15, -0.1) is 11.6 Å². The number of halogens is 2. The van der Waals surface area contributed by atoms with Crippen LogP contribution in [-0.4, -0.2) is 17.6 Å². The van der Waals surface area contributed by atoms with Gasteiger partial charge in [0.1, 0.15) is 12.4 Å². The molecule has 0 heterocycles. The molecule has 1 rings (SSSR count). The lowest BCUT2D eigenvalue weighted by Crippen LogP contribution is -1.98. The summed E-state index contributed by atoms with van der Waals surface area (Å²) >= 11 is 11.3. The number of ether oxygens (including phenoxy) is 1. The van der Waals surface area contributed by atoms with Crippen molar-refractivity contribution in [2.45, 2.75) is 6.61 Å². The summed E-state index contributed by atoms with van der Waals surface area (Å²) in [5, 5.41) is 9.59. The molecule has 0 saturated heterocycles. The number of aliphatic hydroxyl groups is 1. The van der Waals surface area contributed by atoms with Crippen molar-refractivity contribution in [2.24, 2.45) is 0 Å². The highest BCUT2D eigenvalue weighted by Gasteiger charge is 1.96.